The zero-order valence-corrected chi connectivity index (χ0v) is 19.1. The molecule has 2 N–H and O–H groups in total. The zero-order valence-electron chi connectivity index (χ0n) is 18.3. The third-order valence-electron chi connectivity index (χ3n) is 6.98. The summed E-state index contributed by atoms with van der Waals surface area (Å²) in [5.41, 5.74) is 0.872. The van der Waals surface area contributed by atoms with Crippen molar-refractivity contribution in [2.24, 2.45) is 23.2 Å². The minimum atomic E-state index is -0.518. The number of aromatic nitrogens is 3. The molecular formula is C21H30ClN5O3. The maximum Gasteiger partial charge on any atom is 0.288 e. The smallest absolute Gasteiger partial charge is 0.288 e. The molecule has 3 rings (SSSR count). The first kappa shape index (κ1) is 22.3. The molecule has 0 bridgehead atoms. The van der Waals surface area contributed by atoms with Crippen LogP contribution in [0.5, 0.6) is 0 Å². The molecule has 0 unspecified atom stereocenters. The SMILES string of the molecule is Cc1cc(NC(=O)Cn2ncc(N[C@@H]3C[C@H](C)C(C)(C)[C@H](C)[C@H]3C)c(Cl)c2=O)on1. The summed E-state index contributed by atoms with van der Waals surface area (Å²) < 4.78 is 5.98. The molecule has 2 heterocycles. The molecule has 1 aliphatic carbocycles. The summed E-state index contributed by atoms with van der Waals surface area (Å²) in [6.45, 7) is 12.9. The van der Waals surface area contributed by atoms with Crippen molar-refractivity contribution >= 4 is 29.1 Å². The second-order valence-corrected chi connectivity index (χ2v) is 9.45. The highest BCUT2D eigenvalue weighted by atomic mass is 35.5. The fourth-order valence-corrected chi connectivity index (χ4v) is 4.38. The number of carbonyl (C=O) groups excluding carboxylic acids is 1. The number of nitrogens with one attached hydrogen (secondary N) is 2. The predicted octanol–water partition coefficient (Wildman–Crippen LogP) is 3.95. The van der Waals surface area contributed by atoms with Crippen molar-refractivity contribution in [3.8, 4) is 0 Å². The monoisotopic (exact) mass is 435 g/mol. The average molecular weight is 436 g/mol. The lowest BCUT2D eigenvalue weighted by atomic mass is 9.58. The molecule has 8 nitrogen and oxygen atoms in total. The largest absolute Gasteiger partial charge is 0.379 e. The van der Waals surface area contributed by atoms with E-state index in [-0.39, 0.29) is 28.9 Å². The molecule has 0 saturated heterocycles. The Hall–Kier alpha value is -2.35. The van der Waals surface area contributed by atoms with E-state index in [4.69, 9.17) is 16.1 Å². The van der Waals surface area contributed by atoms with Gasteiger partial charge in [0.05, 0.1) is 17.6 Å². The summed E-state index contributed by atoms with van der Waals surface area (Å²) in [6, 6.07) is 1.78. The normalized spacial score (nSPS) is 25.7. The minimum Gasteiger partial charge on any atom is -0.379 e. The Morgan fingerprint density at radius 1 is 1.37 bits per heavy atom. The van der Waals surface area contributed by atoms with Crippen molar-refractivity contribution in [1.29, 1.82) is 0 Å². The van der Waals surface area contributed by atoms with E-state index in [1.165, 1.54) is 6.20 Å². The molecule has 4 atom stereocenters. The molecule has 164 valence electrons. The summed E-state index contributed by atoms with van der Waals surface area (Å²) >= 11 is 6.35. The van der Waals surface area contributed by atoms with Crippen molar-refractivity contribution < 1.29 is 9.32 Å². The predicted molar refractivity (Wildman–Crippen MR) is 117 cm³/mol. The van der Waals surface area contributed by atoms with E-state index in [1.54, 1.807) is 13.0 Å². The van der Waals surface area contributed by atoms with Crippen molar-refractivity contribution in [3.05, 3.63) is 33.3 Å². The molecule has 1 amide bonds. The van der Waals surface area contributed by atoms with Gasteiger partial charge in [-0.1, -0.05) is 51.4 Å². The highest BCUT2D eigenvalue weighted by Gasteiger charge is 2.43. The summed E-state index contributed by atoms with van der Waals surface area (Å²) in [7, 11) is 0. The second-order valence-electron chi connectivity index (χ2n) is 9.07. The highest BCUT2D eigenvalue weighted by Crippen LogP contribution is 2.48. The van der Waals surface area contributed by atoms with Crippen LogP contribution >= 0.6 is 11.6 Å². The van der Waals surface area contributed by atoms with Crippen LogP contribution in [0.15, 0.2) is 21.6 Å². The molecule has 1 aliphatic rings. The van der Waals surface area contributed by atoms with Gasteiger partial charge in [0.25, 0.3) is 5.56 Å². The fraction of sp³-hybridized carbons (Fsp3) is 0.619. The molecule has 1 saturated carbocycles. The molecule has 9 heteroatoms. The highest BCUT2D eigenvalue weighted by molar-refractivity contribution is 6.32. The topological polar surface area (TPSA) is 102 Å². The van der Waals surface area contributed by atoms with Crippen LogP contribution < -0.4 is 16.2 Å². The molecule has 0 spiro atoms. The number of hydrogen-bond donors (Lipinski definition) is 2. The van der Waals surface area contributed by atoms with E-state index in [0.29, 0.717) is 29.1 Å². The molecule has 2 aromatic rings. The van der Waals surface area contributed by atoms with E-state index in [9.17, 15) is 9.59 Å². The average Bonchev–Trinajstić information content (AvgIpc) is 3.08. The van der Waals surface area contributed by atoms with E-state index in [1.807, 2.05) is 0 Å². The lowest BCUT2D eigenvalue weighted by molar-refractivity contribution is -0.117. The standard InChI is InChI=1S/C21H30ClN5O3/c1-11-7-15(13(3)14(4)21(11,5)6)24-16-9-23-27(20(29)19(16)22)10-17(28)25-18-8-12(2)26-30-18/h8-9,11,13-15,24H,7,10H2,1-6H3,(H,25,28)/t11-,13+,14+,15+/m0/s1. The quantitative estimate of drug-likeness (QED) is 0.737. The Bertz CT molecular complexity index is 983. The third kappa shape index (κ3) is 4.38. The van der Waals surface area contributed by atoms with Crippen LogP contribution in [-0.4, -0.2) is 26.9 Å². The van der Waals surface area contributed by atoms with Gasteiger partial charge in [0.15, 0.2) is 0 Å². The summed E-state index contributed by atoms with van der Waals surface area (Å²) in [5.74, 6) is 1.20. The first-order valence-electron chi connectivity index (χ1n) is 10.3. The molecule has 1 fully saturated rings. The molecule has 30 heavy (non-hydrogen) atoms. The second kappa shape index (κ2) is 8.41. The van der Waals surface area contributed by atoms with E-state index in [0.717, 1.165) is 11.1 Å². The maximum absolute atomic E-state index is 12.6. The van der Waals surface area contributed by atoms with Gasteiger partial charge in [0, 0.05) is 12.1 Å². The molecule has 0 radical (unpaired) electrons. The van der Waals surface area contributed by atoms with Crippen LogP contribution in [0, 0.1) is 30.1 Å². The van der Waals surface area contributed by atoms with Gasteiger partial charge in [-0.15, -0.1) is 0 Å². The number of rotatable bonds is 5. The first-order valence-corrected chi connectivity index (χ1v) is 10.6. The first-order chi connectivity index (χ1) is 14.0. The number of carbonyl (C=O) groups is 1. The van der Waals surface area contributed by atoms with E-state index < -0.39 is 11.5 Å². The van der Waals surface area contributed by atoms with Gasteiger partial charge >= 0.3 is 0 Å². The Morgan fingerprint density at radius 2 is 2.07 bits per heavy atom. The van der Waals surface area contributed by atoms with Gasteiger partial charge in [-0.25, -0.2) is 4.68 Å². The van der Waals surface area contributed by atoms with Gasteiger partial charge in [-0.05, 0) is 36.5 Å². The van der Waals surface area contributed by atoms with Crippen LogP contribution in [0.25, 0.3) is 0 Å². The van der Waals surface area contributed by atoms with Gasteiger partial charge in [-0.3, -0.25) is 14.9 Å². The lowest BCUT2D eigenvalue weighted by Gasteiger charge is -2.50. The number of halogens is 1. The van der Waals surface area contributed by atoms with Gasteiger partial charge < -0.3 is 9.84 Å². The zero-order chi connectivity index (χ0) is 22.2. The Kier molecular flexibility index (Phi) is 6.26. The Labute approximate surface area is 181 Å². The molecule has 0 aromatic carbocycles. The number of nitrogens with zero attached hydrogens (tertiary/aromatic N) is 3. The third-order valence-corrected chi connectivity index (χ3v) is 7.35. The number of anilines is 2. The van der Waals surface area contributed by atoms with Crippen molar-refractivity contribution in [2.45, 2.75) is 60.5 Å². The summed E-state index contributed by atoms with van der Waals surface area (Å²) in [4.78, 5) is 24.8. The summed E-state index contributed by atoms with van der Waals surface area (Å²) in [5, 5.41) is 13.8. The fourth-order valence-electron chi connectivity index (χ4n) is 4.18. The van der Waals surface area contributed by atoms with E-state index >= 15 is 0 Å². The van der Waals surface area contributed by atoms with Crippen molar-refractivity contribution in [2.75, 3.05) is 10.6 Å². The number of aryl methyl sites for hydroxylation is 1. The Balaban J connectivity index is 1.72. The minimum absolute atomic E-state index is 0.0330. The number of amides is 1. The van der Waals surface area contributed by atoms with Crippen LogP contribution in [0.2, 0.25) is 5.02 Å². The van der Waals surface area contributed by atoms with Gasteiger partial charge in [0.1, 0.15) is 11.6 Å². The van der Waals surface area contributed by atoms with Crippen LogP contribution in [-0.2, 0) is 11.3 Å². The lowest BCUT2D eigenvalue weighted by Crippen LogP contribution is -2.48. The van der Waals surface area contributed by atoms with Crippen LogP contribution in [0.4, 0.5) is 11.6 Å². The van der Waals surface area contributed by atoms with Crippen molar-refractivity contribution in [1.82, 2.24) is 14.9 Å². The molecule has 2 aromatic heterocycles. The Morgan fingerprint density at radius 3 is 2.70 bits per heavy atom. The number of hydrogen-bond acceptors (Lipinski definition) is 6. The van der Waals surface area contributed by atoms with Crippen LogP contribution in [0.3, 0.4) is 0 Å². The van der Waals surface area contributed by atoms with Crippen LogP contribution in [0.1, 0.15) is 46.7 Å². The van der Waals surface area contributed by atoms with Crippen molar-refractivity contribution in [3.63, 3.8) is 0 Å². The van der Waals surface area contributed by atoms with E-state index in [2.05, 4.69) is 55.5 Å². The molecule has 0 aliphatic heterocycles. The van der Waals surface area contributed by atoms with Gasteiger partial charge in [0.2, 0.25) is 11.8 Å². The summed E-state index contributed by atoms with van der Waals surface area (Å²) in [6.07, 6.45) is 2.49. The van der Waals surface area contributed by atoms with Gasteiger partial charge in [-0.2, -0.15) is 5.10 Å². The maximum atomic E-state index is 12.6. The molecular weight excluding hydrogens is 406 g/mol.